The van der Waals surface area contributed by atoms with Gasteiger partial charge in [-0.1, -0.05) is 39.1 Å². The zero-order chi connectivity index (χ0) is 14.4. The monoisotopic (exact) mass is 386 g/mol. The smallest absolute Gasteiger partial charge is 0.246 e. The predicted molar refractivity (Wildman–Crippen MR) is 80.1 cm³/mol. The number of sulfonamides is 1. The van der Waals surface area contributed by atoms with Gasteiger partial charge in [0, 0.05) is 23.1 Å². The molecule has 2 N–H and O–H groups in total. The molecule has 106 valence electrons. The standard InChI is InChI=1S/C11H13BrCl2N2O2S/c1-6-10(15)2-3-16(6)19(17,18)11-8(13)4-7(12)5-9(11)14/h4-6,10H,2-3,15H2,1H3. The van der Waals surface area contributed by atoms with E-state index in [2.05, 4.69) is 15.9 Å². The second-order valence-corrected chi connectivity index (χ2v) is 8.06. The third-order valence-electron chi connectivity index (χ3n) is 3.29. The van der Waals surface area contributed by atoms with Crippen LogP contribution in [0.4, 0.5) is 0 Å². The summed E-state index contributed by atoms with van der Waals surface area (Å²) in [5, 5.41) is 0.207. The molecule has 2 rings (SSSR count). The molecule has 0 radical (unpaired) electrons. The number of hydrogen-bond donors (Lipinski definition) is 1. The first-order valence-electron chi connectivity index (χ1n) is 5.67. The summed E-state index contributed by atoms with van der Waals surface area (Å²) in [6.07, 6.45) is 0.631. The Balaban J connectivity index is 2.52. The predicted octanol–water partition coefficient (Wildman–Crippen LogP) is 2.87. The molecule has 0 aromatic heterocycles. The Hall–Kier alpha value is 0.150. The molecule has 19 heavy (non-hydrogen) atoms. The number of halogens is 3. The lowest BCUT2D eigenvalue weighted by Crippen LogP contribution is -2.40. The van der Waals surface area contributed by atoms with Crippen molar-refractivity contribution < 1.29 is 8.42 Å². The zero-order valence-corrected chi connectivity index (χ0v) is 14.0. The van der Waals surface area contributed by atoms with E-state index in [1.165, 1.54) is 16.4 Å². The Bertz CT molecular complexity index is 586. The minimum Gasteiger partial charge on any atom is -0.326 e. The Morgan fingerprint density at radius 1 is 1.37 bits per heavy atom. The summed E-state index contributed by atoms with van der Waals surface area (Å²) < 4.78 is 27.3. The maximum absolute atomic E-state index is 12.6. The lowest BCUT2D eigenvalue weighted by molar-refractivity contribution is 0.393. The molecular weight excluding hydrogens is 375 g/mol. The molecule has 1 fully saturated rings. The van der Waals surface area contributed by atoms with Gasteiger partial charge in [0.1, 0.15) is 4.90 Å². The first-order chi connectivity index (χ1) is 8.75. The van der Waals surface area contributed by atoms with Gasteiger partial charge in [-0.05, 0) is 25.5 Å². The van der Waals surface area contributed by atoms with Gasteiger partial charge >= 0.3 is 0 Å². The first-order valence-corrected chi connectivity index (χ1v) is 8.66. The molecule has 2 atom stereocenters. The van der Waals surface area contributed by atoms with Crippen LogP contribution >= 0.6 is 39.1 Å². The molecule has 4 nitrogen and oxygen atoms in total. The van der Waals surface area contributed by atoms with E-state index in [1.54, 1.807) is 6.92 Å². The van der Waals surface area contributed by atoms with Crippen LogP contribution in [0.15, 0.2) is 21.5 Å². The molecule has 1 aromatic carbocycles. The fourth-order valence-electron chi connectivity index (χ4n) is 2.17. The molecule has 2 unspecified atom stereocenters. The van der Waals surface area contributed by atoms with E-state index in [0.717, 1.165) is 0 Å². The Kier molecular flexibility index (Phi) is 4.50. The van der Waals surface area contributed by atoms with E-state index in [0.29, 0.717) is 17.4 Å². The molecule has 0 aliphatic carbocycles. The maximum atomic E-state index is 12.6. The molecule has 1 heterocycles. The number of nitrogens with two attached hydrogens (primary N) is 1. The van der Waals surface area contributed by atoms with Crippen molar-refractivity contribution in [2.24, 2.45) is 5.73 Å². The van der Waals surface area contributed by atoms with E-state index >= 15 is 0 Å². The Morgan fingerprint density at radius 2 is 1.89 bits per heavy atom. The highest BCUT2D eigenvalue weighted by Gasteiger charge is 2.39. The summed E-state index contributed by atoms with van der Waals surface area (Å²) in [6, 6.07) is 2.60. The molecule has 0 saturated carbocycles. The van der Waals surface area contributed by atoms with Crippen molar-refractivity contribution in [3.63, 3.8) is 0 Å². The third-order valence-corrected chi connectivity index (χ3v) is 6.65. The largest absolute Gasteiger partial charge is 0.326 e. The van der Waals surface area contributed by atoms with Crippen molar-refractivity contribution in [1.29, 1.82) is 0 Å². The molecule has 0 amide bonds. The topological polar surface area (TPSA) is 63.4 Å². The van der Waals surface area contributed by atoms with Gasteiger partial charge in [0.15, 0.2) is 0 Å². The van der Waals surface area contributed by atoms with Crippen molar-refractivity contribution in [3.05, 3.63) is 26.7 Å². The zero-order valence-electron chi connectivity index (χ0n) is 10.1. The van der Waals surface area contributed by atoms with E-state index in [9.17, 15) is 8.42 Å². The summed E-state index contributed by atoms with van der Waals surface area (Å²) in [5.74, 6) is 0. The van der Waals surface area contributed by atoms with Crippen molar-refractivity contribution in [2.75, 3.05) is 6.54 Å². The van der Waals surface area contributed by atoms with Crippen LogP contribution in [0.1, 0.15) is 13.3 Å². The van der Waals surface area contributed by atoms with Crippen LogP contribution in [0.3, 0.4) is 0 Å². The van der Waals surface area contributed by atoms with Gasteiger partial charge in [0.2, 0.25) is 10.0 Å². The number of benzene rings is 1. The van der Waals surface area contributed by atoms with E-state index in [-0.39, 0.29) is 27.0 Å². The summed E-state index contributed by atoms with van der Waals surface area (Å²) >= 11 is 15.3. The van der Waals surface area contributed by atoms with Crippen LogP contribution in [0, 0.1) is 0 Å². The maximum Gasteiger partial charge on any atom is 0.246 e. The van der Waals surface area contributed by atoms with Crippen LogP contribution in [0.2, 0.25) is 10.0 Å². The molecule has 1 aliphatic heterocycles. The van der Waals surface area contributed by atoms with Gasteiger partial charge in [-0.25, -0.2) is 8.42 Å². The van der Waals surface area contributed by atoms with E-state index < -0.39 is 10.0 Å². The quantitative estimate of drug-likeness (QED) is 0.848. The summed E-state index contributed by atoms with van der Waals surface area (Å²) in [4.78, 5) is -0.0556. The van der Waals surface area contributed by atoms with Crippen LogP contribution < -0.4 is 5.73 Å². The van der Waals surface area contributed by atoms with Crippen LogP contribution in [-0.2, 0) is 10.0 Å². The van der Waals surface area contributed by atoms with Gasteiger partial charge in [0.05, 0.1) is 10.0 Å². The second-order valence-electron chi connectivity index (χ2n) is 4.51. The Labute approximate surface area is 131 Å². The molecule has 8 heteroatoms. The average molecular weight is 388 g/mol. The van der Waals surface area contributed by atoms with Crippen LogP contribution in [0.25, 0.3) is 0 Å². The lowest BCUT2D eigenvalue weighted by Gasteiger charge is -2.23. The molecule has 1 aliphatic rings. The highest BCUT2D eigenvalue weighted by atomic mass is 79.9. The van der Waals surface area contributed by atoms with E-state index in [1.807, 2.05) is 0 Å². The average Bonchev–Trinajstić information content (AvgIpc) is 2.57. The Morgan fingerprint density at radius 3 is 2.32 bits per heavy atom. The first kappa shape index (κ1) is 15.5. The second kappa shape index (κ2) is 5.50. The summed E-state index contributed by atoms with van der Waals surface area (Å²) in [6.45, 7) is 2.17. The van der Waals surface area contributed by atoms with Crippen molar-refractivity contribution in [3.8, 4) is 0 Å². The van der Waals surface area contributed by atoms with Crippen molar-refractivity contribution in [1.82, 2.24) is 4.31 Å². The van der Waals surface area contributed by atoms with Crippen LogP contribution in [0.5, 0.6) is 0 Å². The molecule has 0 spiro atoms. The summed E-state index contributed by atoms with van der Waals surface area (Å²) in [7, 11) is -3.73. The fraction of sp³-hybridized carbons (Fsp3) is 0.455. The van der Waals surface area contributed by atoms with Crippen molar-refractivity contribution >= 4 is 49.2 Å². The van der Waals surface area contributed by atoms with Gasteiger partial charge in [-0.3, -0.25) is 0 Å². The highest BCUT2D eigenvalue weighted by Crippen LogP contribution is 2.36. The van der Waals surface area contributed by atoms with Gasteiger partial charge in [0.25, 0.3) is 0 Å². The van der Waals surface area contributed by atoms with Gasteiger partial charge in [-0.2, -0.15) is 4.31 Å². The molecule has 1 saturated heterocycles. The lowest BCUT2D eigenvalue weighted by atomic mass is 10.2. The number of nitrogens with zero attached hydrogens (tertiary/aromatic N) is 1. The number of hydrogen-bond acceptors (Lipinski definition) is 3. The fourth-order valence-corrected chi connectivity index (χ4v) is 5.74. The van der Waals surface area contributed by atoms with E-state index in [4.69, 9.17) is 28.9 Å². The highest BCUT2D eigenvalue weighted by molar-refractivity contribution is 9.10. The number of rotatable bonds is 2. The summed E-state index contributed by atoms with van der Waals surface area (Å²) in [5.41, 5.74) is 5.86. The molecule has 0 bridgehead atoms. The minimum atomic E-state index is -3.73. The molecular formula is C11H13BrCl2N2O2S. The minimum absolute atomic E-state index is 0.0556. The molecule has 1 aromatic rings. The van der Waals surface area contributed by atoms with Gasteiger partial charge < -0.3 is 5.73 Å². The van der Waals surface area contributed by atoms with Crippen molar-refractivity contribution in [2.45, 2.75) is 30.3 Å². The normalized spacial score (nSPS) is 24.9. The van der Waals surface area contributed by atoms with Gasteiger partial charge in [-0.15, -0.1) is 0 Å². The van der Waals surface area contributed by atoms with Crippen LogP contribution in [-0.4, -0.2) is 31.4 Å². The SMILES string of the molecule is CC1C(N)CCN1S(=O)(=O)c1c(Cl)cc(Br)cc1Cl. The third kappa shape index (κ3) is 2.80.